The predicted octanol–water partition coefficient (Wildman–Crippen LogP) is 3.85. The van der Waals surface area contributed by atoms with Crippen LogP contribution in [0.1, 0.15) is 29.8 Å². The van der Waals surface area contributed by atoms with Gasteiger partial charge < -0.3 is 20.0 Å². The summed E-state index contributed by atoms with van der Waals surface area (Å²) in [6, 6.07) is 1.79. The lowest BCUT2D eigenvalue weighted by molar-refractivity contribution is -0.121. The number of nitrogens with zero attached hydrogens (tertiary/aromatic N) is 1. The van der Waals surface area contributed by atoms with Crippen LogP contribution < -0.4 is 10.6 Å². The first-order chi connectivity index (χ1) is 12.1. The number of hydrogen-bond donors (Lipinski definition) is 3. The molecule has 0 spiro atoms. The van der Waals surface area contributed by atoms with Gasteiger partial charge in [-0.1, -0.05) is 23.2 Å². The number of oxazole rings is 1. The second-order valence-corrected chi connectivity index (χ2v) is 6.87. The van der Waals surface area contributed by atoms with E-state index in [1.165, 1.54) is 6.39 Å². The van der Waals surface area contributed by atoms with Gasteiger partial charge in [-0.2, -0.15) is 0 Å². The van der Waals surface area contributed by atoms with E-state index in [1.807, 2.05) is 6.92 Å². The molecule has 0 bridgehead atoms. The third kappa shape index (κ3) is 2.75. The molecule has 25 heavy (non-hydrogen) atoms. The van der Waals surface area contributed by atoms with Crippen molar-refractivity contribution in [2.24, 2.45) is 0 Å². The zero-order valence-electron chi connectivity index (χ0n) is 13.5. The molecule has 3 N–H and O–H groups in total. The van der Waals surface area contributed by atoms with Gasteiger partial charge in [0.25, 0.3) is 0 Å². The fourth-order valence-electron chi connectivity index (χ4n) is 3.31. The number of fused-ring (bicyclic) bond motifs is 3. The second kappa shape index (κ2) is 6.28. The van der Waals surface area contributed by atoms with Gasteiger partial charge in [-0.25, -0.2) is 4.98 Å². The van der Waals surface area contributed by atoms with E-state index in [0.29, 0.717) is 23.1 Å². The topological polar surface area (TPSA) is 83.0 Å². The van der Waals surface area contributed by atoms with Crippen LogP contribution in [0.2, 0.25) is 10.0 Å². The van der Waals surface area contributed by atoms with Crippen molar-refractivity contribution in [2.75, 3.05) is 11.9 Å². The largest absolute Gasteiger partial charge is 0.451 e. The minimum Gasteiger partial charge on any atom is -0.451 e. The molecule has 0 fully saturated rings. The quantitative estimate of drug-likeness (QED) is 0.646. The monoisotopic (exact) mass is 378 g/mol. The van der Waals surface area contributed by atoms with Crippen molar-refractivity contribution >= 4 is 45.7 Å². The van der Waals surface area contributed by atoms with Gasteiger partial charge in [0.1, 0.15) is 6.26 Å². The fourth-order valence-corrected chi connectivity index (χ4v) is 3.71. The zero-order chi connectivity index (χ0) is 17.6. The first-order valence-electron chi connectivity index (χ1n) is 7.97. The first kappa shape index (κ1) is 16.3. The lowest BCUT2D eigenvalue weighted by Gasteiger charge is -2.13. The number of rotatable bonds is 3. The molecule has 0 radical (unpaired) electrons. The number of aromatic nitrogens is 2. The molecule has 1 aliphatic heterocycles. The van der Waals surface area contributed by atoms with Crippen LogP contribution in [0.25, 0.3) is 10.9 Å². The van der Waals surface area contributed by atoms with Gasteiger partial charge in [-0.15, -0.1) is 0 Å². The molecule has 1 unspecified atom stereocenters. The molecular weight excluding hydrogens is 363 g/mol. The van der Waals surface area contributed by atoms with E-state index in [4.69, 9.17) is 27.6 Å². The number of carbonyl (C=O) groups excluding carboxylic acids is 1. The normalized spacial score (nSPS) is 17.2. The molecule has 0 saturated carbocycles. The SMILES string of the molecule is CC1C(=O)NCCc2[nH]c3c(Cl)c(Cl)cc(NCc4cocn4)c3c21. The number of nitrogens with one attached hydrogen (secondary N) is 3. The molecule has 3 heterocycles. The maximum absolute atomic E-state index is 12.3. The Morgan fingerprint density at radius 1 is 1.44 bits per heavy atom. The van der Waals surface area contributed by atoms with Gasteiger partial charge in [-0.3, -0.25) is 4.79 Å². The molecule has 1 aromatic carbocycles. The van der Waals surface area contributed by atoms with Crippen LogP contribution in [0.5, 0.6) is 0 Å². The highest BCUT2D eigenvalue weighted by molar-refractivity contribution is 6.45. The Morgan fingerprint density at radius 3 is 3.04 bits per heavy atom. The van der Waals surface area contributed by atoms with E-state index in [-0.39, 0.29) is 11.8 Å². The van der Waals surface area contributed by atoms with Gasteiger partial charge >= 0.3 is 0 Å². The molecule has 0 aliphatic carbocycles. The zero-order valence-corrected chi connectivity index (χ0v) is 15.0. The third-order valence-electron chi connectivity index (χ3n) is 4.53. The van der Waals surface area contributed by atoms with E-state index < -0.39 is 0 Å². The Hall–Kier alpha value is -2.18. The summed E-state index contributed by atoms with van der Waals surface area (Å²) in [6.45, 7) is 2.97. The maximum Gasteiger partial charge on any atom is 0.227 e. The van der Waals surface area contributed by atoms with Crippen LogP contribution in [0.4, 0.5) is 5.69 Å². The standard InChI is InChI=1S/C17H16Cl2N4O2/c1-8-13-11(2-3-20-17(8)24)23-16-14(13)12(4-10(18)15(16)19)21-5-9-6-25-7-22-9/h4,6-8,21,23H,2-3,5H2,1H3,(H,20,24). The molecule has 2 aromatic heterocycles. The second-order valence-electron chi connectivity index (χ2n) is 6.08. The number of halogens is 2. The highest BCUT2D eigenvalue weighted by atomic mass is 35.5. The van der Waals surface area contributed by atoms with Crippen LogP contribution in [-0.4, -0.2) is 22.4 Å². The van der Waals surface area contributed by atoms with E-state index >= 15 is 0 Å². The number of H-pyrrole nitrogens is 1. The lowest BCUT2D eigenvalue weighted by Crippen LogP contribution is -2.26. The number of hydrogen-bond acceptors (Lipinski definition) is 4. The molecule has 1 amide bonds. The van der Waals surface area contributed by atoms with E-state index in [0.717, 1.165) is 40.0 Å². The highest BCUT2D eigenvalue weighted by Crippen LogP contribution is 2.42. The summed E-state index contributed by atoms with van der Waals surface area (Å²) in [6.07, 6.45) is 3.68. The molecule has 8 heteroatoms. The van der Waals surface area contributed by atoms with Gasteiger partial charge in [0.05, 0.1) is 33.7 Å². The van der Waals surface area contributed by atoms with Crippen LogP contribution in [0.15, 0.2) is 23.1 Å². The molecule has 1 aliphatic rings. The lowest BCUT2D eigenvalue weighted by atomic mass is 9.96. The summed E-state index contributed by atoms with van der Waals surface area (Å²) in [5.74, 6) is -0.274. The van der Waals surface area contributed by atoms with E-state index in [2.05, 4.69) is 20.6 Å². The molecular formula is C17H16Cl2N4O2. The molecule has 130 valence electrons. The van der Waals surface area contributed by atoms with Gasteiger partial charge in [0, 0.05) is 29.7 Å². The summed E-state index contributed by atoms with van der Waals surface area (Å²) in [4.78, 5) is 19.8. The van der Waals surface area contributed by atoms with Crippen LogP contribution >= 0.6 is 23.2 Å². The predicted molar refractivity (Wildman–Crippen MR) is 97.3 cm³/mol. The molecule has 0 saturated heterocycles. The van der Waals surface area contributed by atoms with Gasteiger partial charge in [0.2, 0.25) is 5.91 Å². The summed E-state index contributed by atoms with van der Waals surface area (Å²) in [5.41, 5.74) is 4.31. The van der Waals surface area contributed by atoms with Gasteiger partial charge in [-0.05, 0) is 18.6 Å². The minimum absolute atomic E-state index is 0.00757. The van der Waals surface area contributed by atoms with Crippen molar-refractivity contribution < 1.29 is 9.21 Å². The van der Waals surface area contributed by atoms with E-state index in [1.54, 1.807) is 12.3 Å². The average molecular weight is 379 g/mol. The van der Waals surface area contributed by atoms with Crippen molar-refractivity contribution in [3.8, 4) is 0 Å². The van der Waals surface area contributed by atoms with Crippen molar-refractivity contribution in [3.63, 3.8) is 0 Å². The molecule has 4 rings (SSSR count). The highest BCUT2D eigenvalue weighted by Gasteiger charge is 2.28. The number of amides is 1. The van der Waals surface area contributed by atoms with Crippen LogP contribution in [0, 0.1) is 0 Å². The minimum atomic E-state index is -0.281. The number of anilines is 1. The smallest absolute Gasteiger partial charge is 0.227 e. The molecule has 3 aromatic rings. The Kier molecular flexibility index (Phi) is 4.09. The van der Waals surface area contributed by atoms with Crippen molar-refractivity contribution in [1.29, 1.82) is 0 Å². The first-order valence-corrected chi connectivity index (χ1v) is 8.73. The Labute approximate surface area is 153 Å². The van der Waals surface area contributed by atoms with Crippen molar-refractivity contribution in [1.82, 2.24) is 15.3 Å². The summed E-state index contributed by atoms with van der Waals surface area (Å²) in [5, 5.41) is 8.08. The van der Waals surface area contributed by atoms with Crippen molar-refractivity contribution in [3.05, 3.63) is 45.7 Å². The molecule has 1 atom stereocenters. The number of aromatic amines is 1. The van der Waals surface area contributed by atoms with Crippen molar-refractivity contribution in [2.45, 2.75) is 25.8 Å². The van der Waals surface area contributed by atoms with Gasteiger partial charge in [0.15, 0.2) is 6.39 Å². The Morgan fingerprint density at radius 2 is 2.28 bits per heavy atom. The van der Waals surface area contributed by atoms with E-state index in [9.17, 15) is 4.79 Å². The van der Waals surface area contributed by atoms with Crippen LogP contribution in [-0.2, 0) is 17.8 Å². The summed E-state index contributed by atoms with van der Waals surface area (Å²) < 4.78 is 5.00. The summed E-state index contributed by atoms with van der Waals surface area (Å²) >= 11 is 12.7. The maximum atomic E-state index is 12.3. The number of benzene rings is 1. The van der Waals surface area contributed by atoms with Crippen LogP contribution in [0.3, 0.4) is 0 Å². The third-order valence-corrected chi connectivity index (χ3v) is 5.32. The average Bonchev–Trinajstić information content (AvgIpc) is 3.21. The number of carbonyl (C=O) groups is 1. The Bertz CT molecular complexity index is 950. The fraction of sp³-hybridized carbons (Fsp3) is 0.294. The summed E-state index contributed by atoms with van der Waals surface area (Å²) in [7, 11) is 0. The molecule has 6 nitrogen and oxygen atoms in total. The Balaban J connectivity index is 1.88.